The van der Waals surface area contributed by atoms with Crippen molar-refractivity contribution in [2.75, 3.05) is 24.4 Å². The van der Waals surface area contributed by atoms with Crippen molar-refractivity contribution in [1.82, 2.24) is 10.6 Å². The third kappa shape index (κ3) is 9.87. The van der Waals surface area contributed by atoms with Crippen molar-refractivity contribution in [3.63, 3.8) is 0 Å². The molecular weight excluding hydrogens is 236 g/mol. The van der Waals surface area contributed by atoms with Gasteiger partial charge in [-0.1, -0.05) is 6.42 Å². The molecule has 0 heterocycles. The first-order valence-electron chi connectivity index (χ1n) is 4.83. The number of nitrogens with one attached hydrogen (secondary N) is 2. The Hall–Kier alpha value is -0.420. The van der Waals surface area contributed by atoms with E-state index in [1.807, 2.05) is 11.8 Å². The van der Waals surface area contributed by atoms with Gasteiger partial charge in [0.15, 0.2) is 0 Å². The number of amides is 3. The summed E-state index contributed by atoms with van der Waals surface area (Å²) in [5.41, 5.74) is 0. The Morgan fingerprint density at radius 2 is 2.00 bits per heavy atom. The van der Waals surface area contributed by atoms with E-state index in [2.05, 4.69) is 16.9 Å². The van der Waals surface area contributed by atoms with Gasteiger partial charge < -0.3 is 5.32 Å². The second kappa shape index (κ2) is 10.1. The molecule has 15 heavy (non-hydrogen) atoms. The number of hydrogen-bond acceptors (Lipinski definition) is 3. The second-order valence-corrected chi connectivity index (χ2v) is 4.24. The van der Waals surface area contributed by atoms with Crippen LogP contribution in [-0.4, -0.2) is 36.4 Å². The number of thioether (sulfide) groups is 1. The lowest BCUT2D eigenvalue weighted by Gasteiger charge is -2.04. The molecule has 0 rings (SSSR count). The number of hydrogen-bond donors (Lipinski definition) is 2. The Labute approximate surface area is 99.5 Å². The van der Waals surface area contributed by atoms with Crippen molar-refractivity contribution in [2.45, 2.75) is 19.3 Å². The first-order chi connectivity index (χ1) is 7.20. The Morgan fingerprint density at radius 3 is 2.60 bits per heavy atom. The molecule has 0 unspecified atom stereocenters. The summed E-state index contributed by atoms with van der Waals surface area (Å²) in [6, 6.07) is -0.467. The molecule has 2 N–H and O–H groups in total. The van der Waals surface area contributed by atoms with Gasteiger partial charge in [-0.25, -0.2) is 4.79 Å². The fourth-order valence-electron chi connectivity index (χ4n) is 0.954. The molecule has 0 saturated carbocycles. The molecule has 0 aliphatic heterocycles. The van der Waals surface area contributed by atoms with E-state index in [0.29, 0.717) is 6.54 Å². The van der Waals surface area contributed by atoms with E-state index in [-0.39, 0.29) is 5.88 Å². The molecule has 0 radical (unpaired) electrons. The molecular formula is C9H17ClN2O2S. The maximum atomic E-state index is 11.0. The standard InChI is InChI=1S/C9H17ClN2O2S/c1-15-6-4-2-3-5-11-9(14)12-8(13)7-10/h2-7H2,1H3,(H2,11,12,13,14). The van der Waals surface area contributed by atoms with E-state index in [1.165, 1.54) is 0 Å². The monoisotopic (exact) mass is 252 g/mol. The smallest absolute Gasteiger partial charge is 0.321 e. The third-order valence-electron chi connectivity index (χ3n) is 1.69. The number of alkyl halides is 1. The van der Waals surface area contributed by atoms with E-state index >= 15 is 0 Å². The molecule has 0 aliphatic rings. The van der Waals surface area contributed by atoms with Crippen LogP contribution < -0.4 is 10.6 Å². The van der Waals surface area contributed by atoms with E-state index < -0.39 is 11.9 Å². The van der Waals surface area contributed by atoms with Crippen LogP contribution in [0, 0.1) is 0 Å². The Kier molecular flexibility index (Phi) is 9.83. The van der Waals surface area contributed by atoms with E-state index in [9.17, 15) is 9.59 Å². The van der Waals surface area contributed by atoms with Crippen LogP contribution in [0.15, 0.2) is 0 Å². The van der Waals surface area contributed by atoms with Crippen LogP contribution in [0.4, 0.5) is 4.79 Å². The minimum Gasteiger partial charge on any atom is -0.338 e. The fourth-order valence-corrected chi connectivity index (χ4v) is 1.51. The van der Waals surface area contributed by atoms with Crippen LogP contribution in [0.25, 0.3) is 0 Å². The number of halogens is 1. The molecule has 0 saturated heterocycles. The molecule has 88 valence electrons. The maximum absolute atomic E-state index is 11.0. The van der Waals surface area contributed by atoms with Gasteiger partial charge in [-0.15, -0.1) is 11.6 Å². The number of unbranched alkanes of at least 4 members (excludes halogenated alkanes) is 2. The zero-order valence-corrected chi connectivity index (χ0v) is 10.4. The minimum atomic E-state index is -0.475. The molecule has 3 amide bonds. The molecule has 0 atom stereocenters. The SMILES string of the molecule is CSCCCCCNC(=O)NC(=O)CCl. The lowest BCUT2D eigenvalue weighted by atomic mass is 10.2. The van der Waals surface area contributed by atoms with Gasteiger partial charge in [-0.2, -0.15) is 11.8 Å². The van der Waals surface area contributed by atoms with E-state index in [4.69, 9.17) is 11.6 Å². The van der Waals surface area contributed by atoms with Crippen LogP contribution in [0.2, 0.25) is 0 Å². The quantitative estimate of drug-likeness (QED) is 0.534. The summed E-state index contributed by atoms with van der Waals surface area (Å²) < 4.78 is 0. The predicted octanol–water partition coefficient (Wildman–Crippen LogP) is 1.58. The molecule has 0 aromatic carbocycles. The van der Waals surface area contributed by atoms with Crippen molar-refractivity contribution >= 4 is 35.3 Å². The summed E-state index contributed by atoms with van der Waals surface area (Å²) in [6.45, 7) is 0.593. The number of imide groups is 1. The van der Waals surface area contributed by atoms with Crippen molar-refractivity contribution in [3.05, 3.63) is 0 Å². The van der Waals surface area contributed by atoms with E-state index in [0.717, 1.165) is 25.0 Å². The fraction of sp³-hybridized carbons (Fsp3) is 0.778. The summed E-state index contributed by atoms with van der Waals surface area (Å²) in [7, 11) is 0. The second-order valence-electron chi connectivity index (χ2n) is 2.99. The molecule has 0 spiro atoms. The van der Waals surface area contributed by atoms with Gasteiger partial charge in [0.2, 0.25) is 5.91 Å². The third-order valence-corrected chi connectivity index (χ3v) is 2.62. The van der Waals surface area contributed by atoms with Gasteiger partial charge in [0.1, 0.15) is 5.88 Å². The highest BCUT2D eigenvalue weighted by Gasteiger charge is 2.04. The number of carbonyl (C=O) groups excluding carboxylic acids is 2. The van der Waals surface area contributed by atoms with Crippen molar-refractivity contribution in [3.8, 4) is 0 Å². The normalized spacial score (nSPS) is 9.73. The van der Waals surface area contributed by atoms with Crippen LogP contribution in [0.3, 0.4) is 0 Å². The molecule has 0 aromatic rings. The summed E-state index contributed by atoms with van der Waals surface area (Å²) in [4.78, 5) is 21.7. The number of urea groups is 1. The maximum Gasteiger partial charge on any atom is 0.321 e. The van der Waals surface area contributed by atoms with Gasteiger partial charge >= 0.3 is 6.03 Å². The largest absolute Gasteiger partial charge is 0.338 e. The molecule has 0 aliphatic carbocycles. The first-order valence-corrected chi connectivity index (χ1v) is 6.76. The van der Waals surface area contributed by atoms with Crippen molar-refractivity contribution in [2.24, 2.45) is 0 Å². The lowest BCUT2D eigenvalue weighted by Crippen LogP contribution is -2.40. The van der Waals surface area contributed by atoms with E-state index in [1.54, 1.807) is 0 Å². The van der Waals surface area contributed by atoms with Crippen LogP contribution in [0.1, 0.15) is 19.3 Å². The number of carbonyl (C=O) groups is 2. The zero-order valence-electron chi connectivity index (χ0n) is 8.85. The Bertz CT molecular complexity index is 203. The molecule has 4 nitrogen and oxygen atoms in total. The average molecular weight is 253 g/mol. The summed E-state index contributed by atoms with van der Waals surface area (Å²) in [6.07, 6.45) is 5.25. The predicted molar refractivity (Wildman–Crippen MR) is 64.5 cm³/mol. The van der Waals surface area contributed by atoms with Gasteiger partial charge in [-0.3, -0.25) is 10.1 Å². The Balaban J connectivity index is 3.28. The van der Waals surface area contributed by atoms with Gasteiger partial charge in [0, 0.05) is 6.54 Å². The Morgan fingerprint density at radius 1 is 1.27 bits per heavy atom. The van der Waals surface area contributed by atoms with Gasteiger partial charge in [0.05, 0.1) is 0 Å². The molecule has 6 heteroatoms. The lowest BCUT2D eigenvalue weighted by molar-refractivity contribution is -0.117. The van der Waals surface area contributed by atoms with Crippen LogP contribution in [0.5, 0.6) is 0 Å². The topological polar surface area (TPSA) is 58.2 Å². The molecule has 0 bridgehead atoms. The minimum absolute atomic E-state index is 0.193. The van der Waals surface area contributed by atoms with Crippen molar-refractivity contribution in [1.29, 1.82) is 0 Å². The highest BCUT2D eigenvalue weighted by atomic mass is 35.5. The molecule has 0 aromatic heterocycles. The average Bonchev–Trinajstić information content (AvgIpc) is 2.23. The number of rotatable bonds is 7. The first kappa shape index (κ1) is 14.6. The highest BCUT2D eigenvalue weighted by molar-refractivity contribution is 7.98. The molecule has 0 fully saturated rings. The van der Waals surface area contributed by atoms with Crippen molar-refractivity contribution < 1.29 is 9.59 Å². The van der Waals surface area contributed by atoms with Crippen LogP contribution in [-0.2, 0) is 4.79 Å². The van der Waals surface area contributed by atoms with Gasteiger partial charge in [0.25, 0.3) is 0 Å². The van der Waals surface area contributed by atoms with Crippen LogP contribution >= 0.6 is 23.4 Å². The summed E-state index contributed by atoms with van der Waals surface area (Å²) >= 11 is 7.04. The summed E-state index contributed by atoms with van der Waals surface area (Å²) in [5.74, 6) is 0.481. The van der Waals surface area contributed by atoms with Gasteiger partial charge in [-0.05, 0) is 24.9 Å². The highest BCUT2D eigenvalue weighted by Crippen LogP contribution is 2.00. The zero-order chi connectivity index (χ0) is 11.5. The summed E-state index contributed by atoms with van der Waals surface area (Å²) in [5, 5.41) is 4.70.